The van der Waals surface area contributed by atoms with Crippen LogP contribution in [0.15, 0.2) is 18.2 Å². The third-order valence-electron chi connectivity index (χ3n) is 1.79. The van der Waals surface area contributed by atoms with Crippen molar-refractivity contribution < 1.29 is 9.13 Å². The molecule has 1 rings (SSSR count). The average molecular weight is 193 g/mol. The fraction of sp³-hybridized carbons (Fsp3) is 0.364. The summed E-state index contributed by atoms with van der Waals surface area (Å²) < 4.78 is 18.4. The van der Waals surface area contributed by atoms with E-state index in [1.807, 2.05) is 13.0 Å². The number of ether oxygens (including phenoxy) is 1. The van der Waals surface area contributed by atoms with Crippen molar-refractivity contribution in [1.82, 2.24) is 0 Å². The first-order chi connectivity index (χ1) is 6.77. The van der Waals surface area contributed by atoms with Crippen LogP contribution in [-0.4, -0.2) is 6.61 Å². The summed E-state index contributed by atoms with van der Waals surface area (Å²) in [6.07, 6.45) is 0.915. The van der Waals surface area contributed by atoms with E-state index in [1.54, 1.807) is 12.1 Å². The summed E-state index contributed by atoms with van der Waals surface area (Å²) in [6.45, 7) is 2.89. The van der Waals surface area contributed by atoms with E-state index in [4.69, 9.17) is 10.00 Å². The summed E-state index contributed by atoms with van der Waals surface area (Å²) in [5, 5.41) is 8.52. The third kappa shape index (κ3) is 2.82. The van der Waals surface area contributed by atoms with Crippen LogP contribution in [0.1, 0.15) is 24.5 Å². The van der Waals surface area contributed by atoms with E-state index in [2.05, 4.69) is 0 Å². The Morgan fingerprint density at radius 2 is 2.29 bits per heavy atom. The molecule has 1 aromatic carbocycles. The topological polar surface area (TPSA) is 33.0 Å². The molecule has 0 fully saturated rings. The van der Waals surface area contributed by atoms with E-state index in [-0.39, 0.29) is 12.4 Å². The summed E-state index contributed by atoms with van der Waals surface area (Å²) in [5.74, 6) is -0.375. The van der Waals surface area contributed by atoms with Gasteiger partial charge in [-0.25, -0.2) is 4.39 Å². The number of hydrogen-bond acceptors (Lipinski definition) is 2. The predicted molar refractivity (Wildman–Crippen MR) is 51.1 cm³/mol. The minimum Gasteiger partial charge on any atom is -0.377 e. The third-order valence-corrected chi connectivity index (χ3v) is 1.79. The first-order valence-electron chi connectivity index (χ1n) is 4.54. The Hall–Kier alpha value is -1.40. The van der Waals surface area contributed by atoms with Gasteiger partial charge in [-0.15, -0.1) is 0 Å². The molecule has 0 N–H and O–H groups in total. The second-order valence-corrected chi connectivity index (χ2v) is 2.97. The monoisotopic (exact) mass is 193 g/mol. The molecule has 14 heavy (non-hydrogen) atoms. The second kappa shape index (κ2) is 5.36. The highest BCUT2D eigenvalue weighted by Crippen LogP contribution is 2.11. The molecule has 0 saturated heterocycles. The average Bonchev–Trinajstić information content (AvgIpc) is 2.20. The van der Waals surface area contributed by atoms with Crippen molar-refractivity contribution in [3.8, 4) is 6.07 Å². The lowest BCUT2D eigenvalue weighted by molar-refractivity contribution is 0.119. The van der Waals surface area contributed by atoms with E-state index in [0.29, 0.717) is 17.7 Å². The van der Waals surface area contributed by atoms with E-state index in [9.17, 15) is 4.39 Å². The van der Waals surface area contributed by atoms with Gasteiger partial charge in [0.1, 0.15) is 5.82 Å². The molecule has 2 nitrogen and oxygen atoms in total. The number of benzene rings is 1. The van der Waals surface area contributed by atoms with Crippen LogP contribution in [0.25, 0.3) is 0 Å². The molecule has 0 amide bonds. The number of nitriles is 1. The lowest BCUT2D eigenvalue weighted by Gasteiger charge is -2.03. The van der Waals surface area contributed by atoms with E-state index < -0.39 is 0 Å². The first kappa shape index (κ1) is 10.7. The minimum atomic E-state index is -0.375. The molecule has 0 unspecified atom stereocenters. The zero-order valence-electron chi connectivity index (χ0n) is 8.09. The Balaban J connectivity index is 2.65. The molecule has 0 aliphatic rings. The fourth-order valence-corrected chi connectivity index (χ4v) is 1.06. The predicted octanol–water partition coefficient (Wildman–Crippen LogP) is 2.62. The van der Waals surface area contributed by atoms with Gasteiger partial charge < -0.3 is 4.74 Å². The molecular weight excluding hydrogens is 181 g/mol. The van der Waals surface area contributed by atoms with Crippen LogP contribution in [0, 0.1) is 17.1 Å². The summed E-state index contributed by atoms with van der Waals surface area (Å²) in [7, 11) is 0. The molecule has 0 saturated carbocycles. The van der Waals surface area contributed by atoms with E-state index >= 15 is 0 Å². The SMILES string of the molecule is CCCOCc1ccc(C#N)cc1F. The lowest BCUT2D eigenvalue weighted by atomic mass is 10.1. The van der Waals surface area contributed by atoms with Gasteiger partial charge in [-0.05, 0) is 18.6 Å². The molecule has 0 spiro atoms. The van der Waals surface area contributed by atoms with Gasteiger partial charge in [0.2, 0.25) is 0 Å². The van der Waals surface area contributed by atoms with Crippen molar-refractivity contribution >= 4 is 0 Å². The molecule has 74 valence electrons. The van der Waals surface area contributed by atoms with Gasteiger partial charge in [-0.1, -0.05) is 13.0 Å². The maximum absolute atomic E-state index is 13.2. The highest BCUT2D eigenvalue weighted by molar-refractivity contribution is 5.32. The van der Waals surface area contributed by atoms with Crippen LogP contribution in [0.4, 0.5) is 4.39 Å². The van der Waals surface area contributed by atoms with Gasteiger partial charge in [0.05, 0.1) is 18.2 Å². The molecular formula is C11H12FNO. The molecule has 0 heterocycles. The first-order valence-corrected chi connectivity index (χ1v) is 4.54. The lowest BCUT2D eigenvalue weighted by Crippen LogP contribution is -1.97. The van der Waals surface area contributed by atoms with Crippen molar-refractivity contribution in [2.45, 2.75) is 20.0 Å². The fourth-order valence-electron chi connectivity index (χ4n) is 1.06. The zero-order valence-corrected chi connectivity index (χ0v) is 8.09. The van der Waals surface area contributed by atoms with Gasteiger partial charge in [-0.2, -0.15) is 5.26 Å². The van der Waals surface area contributed by atoms with Crippen molar-refractivity contribution in [2.24, 2.45) is 0 Å². The summed E-state index contributed by atoms with van der Waals surface area (Å²) >= 11 is 0. The molecule has 0 bridgehead atoms. The molecule has 1 aromatic rings. The maximum Gasteiger partial charge on any atom is 0.130 e. The number of rotatable bonds is 4. The summed E-state index contributed by atoms with van der Waals surface area (Å²) in [6, 6.07) is 6.29. The van der Waals surface area contributed by atoms with Crippen molar-refractivity contribution in [2.75, 3.05) is 6.61 Å². The summed E-state index contributed by atoms with van der Waals surface area (Å²) in [4.78, 5) is 0. The molecule has 0 aliphatic carbocycles. The molecule has 0 aromatic heterocycles. The number of nitrogens with zero attached hydrogens (tertiary/aromatic N) is 1. The van der Waals surface area contributed by atoms with E-state index in [1.165, 1.54) is 6.07 Å². The van der Waals surface area contributed by atoms with Crippen molar-refractivity contribution in [1.29, 1.82) is 5.26 Å². The largest absolute Gasteiger partial charge is 0.377 e. The maximum atomic E-state index is 13.2. The van der Waals surface area contributed by atoms with Gasteiger partial charge in [0.15, 0.2) is 0 Å². The Morgan fingerprint density at radius 3 is 2.86 bits per heavy atom. The molecule has 0 aliphatic heterocycles. The van der Waals surface area contributed by atoms with Gasteiger partial charge in [0, 0.05) is 12.2 Å². The van der Waals surface area contributed by atoms with Crippen LogP contribution in [-0.2, 0) is 11.3 Å². The Labute approximate surface area is 82.9 Å². The highest BCUT2D eigenvalue weighted by Gasteiger charge is 2.02. The van der Waals surface area contributed by atoms with Crippen LogP contribution in [0.3, 0.4) is 0 Å². The van der Waals surface area contributed by atoms with E-state index in [0.717, 1.165) is 6.42 Å². The smallest absolute Gasteiger partial charge is 0.130 e. The molecule has 0 radical (unpaired) electrons. The van der Waals surface area contributed by atoms with Crippen LogP contribution < -0.4 is 0 Å². The standard InChI is InChI=1S/C11H12FNO/c1-2-5-14-8-10-4-3-9(7-13)6-11(10)12/h3-4,6H,2,5,8H2,1H3. The quantitative estimate of drug-likeness (QED) is 0.688. The zero-order chi connectivity index (χ0) is 10.4. The van der Waals surface area contributed by atoms with Crippen LogP contribution in [0.5, 0.6) is 0 Å². The van der Waals surface area contributed by atoms with Gasteiger partial charge in [0.25, 0.3) is 0 Å². The van der Waals surface area contributed by atoms with Crippen molar-refractivity contribution in [3.63, 3.8) is 0 Å². The summed E-state index contributed by atoms with van der Waals surface area (Å²) in [5.41, 5.74) is 0.833. The molecule has 3 heteroatoms. The normalized spacial score (nSPS) is 9.79. The second-order valence-electron chi connectivity index (χ2n) is 2.97. The minimum absolute atomic E-state index is 0.269. The van der Waals surface area contributed by atoms with Crippen LogP contribution >= 0.6 is 0 Å². The molecule has 0 atom stereocenters. The number of hydrogen-bond donors (Lipinski definition) is 0. The van der Waals surface area contributed by atoms with Gasteiger partial charge in [-0.3, -0.25) is 0 Å². The Morgan fingerprint density at radius 1 is 1.50 bits per heavy atom. The number of halogens is 1. The Kier molecular flexibility index (Phi) is 4.09. The van der Waals surface area contributed by atoms with Gasteiger partial charge >= 0.3 is 0 Å². The highest BCUT2D eigenvalue weighted by atomic mass is 19.1. The van der Waals surface area contributed by atoms with Crippen LogP contribution in [0.2, 0.25) is 0 Å². The Bertz CT molecular complexity index is 344. The van der Waals surface area contributed by atoms with Crippen molar-refractivity contribution in [3.05, 3.63) is 35.1 Å².